The minimum atomic E-state index is -0.240. The van der Waals surface area contributed by atoms with E-state index in [2.05, 4.69) is 27.0 Å². The number of rotatable bonds is 4. The molecule has 0 atom stereocenters. The molecule has 4 heterocycles. The molecule has 0 bridgehead atoms. The van der Waals surface area contributed by atoms with Crippen molar-refractivity contribution in [3.05, 3.63) is 71.1 Å². The standard InChI is InChI=1S/C22H24FN7O/c1-27-8-10-28(11-9-27)21(31)19-6-7-24-22(25-19)29-13-17-14-30(26-20(17)15-29)12-16-2-4-18(23)5-3-16/h2-7,14H,8-13,15H2,1H3. The van der Waals surface area contributed by atoms with Gasteiger partial charge in [-0.25, -0.2) is 14.4 Å². The molecule has 31 heavy (non-hydrogen) atoms. The van der Waals surface area contributed by atoms with Gasteiger partial charge in [-0.3, -0.25) is 9.48 Å². The second-order valence-electron chi connectivity index (χ2n) is 8.12. The highest BCUT2D eigenvalue weighted by molar-refractivity contribution is 5.92. The maximum Gasteiger partial charge on any atom is 0.272 e. The number of piperazine rings is 1. The van der Waals surface area contributed by atoms with E-state index in [1.807, 2.05) is 20.7 Å². The zero-order chi connectivity index (χ0) is 21.4. The van der Waals surface area contributed by atoms with E-state index in [1.54, 1.807) is 24.4 Å². The smallest absolute Gasteiger partial charge is 0.272 e. The van der Waals surface area contributed by atoms with Gasteiger partial charge in [0.15, 0.2) is 0 Å². The topological polar surface area (TPSA) is 70.4 Å². The van der Waals surface area contributed by atoms with E-state index in [1.165, 1.54) is 12.1 Å². The van der Waals surface area contributed by atoms with Crippen molar-refractivity contribution in [1.82, 2.24) is 29.5 Å². The van der Waals surface area contributed by atoms with E-state index in [4.69, 9.17) is 0 Å². The van der Waals surface area contributed by atoms with Gasteiger partial charge in [-0.2, -0.15) is 5.10 Å². The Balaban J connectivity index is 1.26. The van der Waals surface area contributed by atoms with Crippen molar-refractivity contribution in [3.8, 4) is 0 Å². The number of anilines is 1. The molecule has 0 saturated carbocycles. The minimum Gasteiger partial charge on any atom is -0.335 e. The van der Waals surface area contributed by atoms with Crippen LogP contribution in [0.4, 0.5) is 10.3 Å². The van der Waals surface area contributed by atoms with Gasteiger partial charge in [0.2, 0.25) is 5.95 Å². The first-order chi connectivity index (χ1) is 15.0. The molecule has 2 aliphatic heterocycles. The molecule has 1 aromatic carbocycles. The fraction of sp³-hybridized carbons (Fsp3) is 0.364. The van der Waals surface area contributed by atoms with Gasteiger partial charge in [0.25, 0.3) is 5.91 Å². The first-order valence-electron chi connectivity index (χ1n) is 10.4. The number of aromatic nitrogens is 4. The molecule has 0 unspecified atom stereocenters. The van der Waals surface area contributed by atoms with Crippen LogP contribution >= 0.6 is 0 Å². The summed E-state index contributed by atoms with van der Waals surface area (Å²) in [6, 6.07) is 8.14. The van der Waals surface area contributed by atoms with Crippen LogP contribution in [0.3, 0.4) is 0 Å². The van der Waals surface area contributed by atoms with Crippen molar-refractivity contribution < 1.29 is 9.18 Å². The summed E-state index contributed by atoms with van der Waals surface area (Å²) in [6.45, 7) is 5.01. The van der Waals surface area contributed by atoms with Crippen molar-refractivity contribution in [3.63, 3.8) is 0 Å². The number of carbonyl (C=O) groups excluding carboxylic acids is 1. The van der Waals surface area contributed by atoms with Crippen LogP contribution in [-0.4, -0.2) is 68.7 Å². The molecule has 1 fully saturated rings. The summed E-state index contributed by atoms with van der Waals surface area (Å²) < 4.78 is 15.0. The fourth-order valence-corrected chi connectivity index (χ4v) is 4.00. The van der Waals surface area contributed by atoms with E-state index in [0.29, 0.717) is 44.4 Å². The number of halogens is 1. The number of hydrogen-bond acceptors (Lipinski definition) is 6. The molecule has 9 heteroatoms. The predicted molar refractivity (Wildman–Crippen MR) is 113 cm³/mol. The van der Waals surface area contributed by atoms with Crippen LogP contribution in [0, 0.1) is 5.82 Å². The Bertz CT molecular complexity index is 1070. The zero-order valence-electron chi connectivity index (χ0n) is 17.4. The summed E-state index contributed by atoms with van der Waals surface area (Å²) in [6.07, 6.45) is 3.66. The van der Waals surface area contributed by atoms with Crippen LogP contribution in [0.15, 0.2) is 42.7 Å². The molecule has 1 saturated heterocycles. The third-order valence-electron chi connectivity index (χ3n) is 5.82. The molecular weight excluding hydrogens is 397 g/mol. The van der Waals surface area contributed by atoms with Gasteiger partial charge >= 0.3 is 0 Å². The second-order valence-corrected chi connectivity index (χ2v) is 8.12. The lowest BCUT2D eigenvalue weighted by Gasteiger charge is -2.32. The summed E-state index contributed by atoms with van der Waals surface area (Å²) in [4.78, 5) is 27.9. The summed E-state index contributed by atoms with van der Waals surface area (Å²) in [5.41, 5.74) is 3.52. The third-order valence-corrected chi connectivity index (χ3v) is 5.82. The van der Waals surface area contributed by atoms with Crippen molar-refractivity contribution in [2.24, 2.45) is 0 Å². The average molecular weight is 421 g/mol. The molecule has 0 radical (unpaired) electrons. The highest BCUT2D eigenvalue weighted by Crippen LogP contribution is 2.25. The summed E-state index contributed by atoms with van der Waals surface area (Å²) >= 11 is 0. The van der Waals surface area contributed by atoms with Gasteiger partial charge in [-0.05, 0) is 30.8 Å². The highest BCUT2D eigenvalue weighted by atomic mass is 19.1. The summed E-state index contributed by atoms with van der Waals surface area (Å²) in [5, 5.41) is 4.67. The van der Waals surface area contributed by atoms with Crippen LogP contribution in [0.1, 0.15) is 27.3 Å². The van der Waals surface area contributed by atoms with E-state index >= 15 is 0 Å². The van der Waals surface area contributed by atoms with Crippen LogP contribution in [0.25, 0.3) is 0 Å². The normalized spacial score (nSPS) is 16.6. The Morgan fingerprint density at radius 2 is 1.84 bits per heavy atom. The quantitative estimate of drug-likeness (QED) is 0.640. The molecule has 2 aliphatic rings. The SMILES string of the molecule is CN1CCN(C(=O)c2ccnc(N3Cc4cn(Cc5ccc(F)cc5)nc4C3)n2)CC1. The zero-order valence-corrected chi connectivity index (χ0v) is 17.4. The van der Waals surface area contributed by atoms with Gasteiger partial charge in [-0.1, -0.05) is 12.1 Å². The molecule has 2 aromatic heterocycles. The largest absolute Gasteiger partial charge is 0.335 e. The molecule has 5 rings (SSSR count). The van der Waals surface area contributed by atoms with E-state index < -0.39 is 0 Å². The lowest BCUT2D eigenvalue weighted by atomic mass is 10.2. The van der Waals surface area contributed by atoms with E-state index in [0.717, 1.165) is 29.9 Å². The molecule has 0 aliphatic carbocycles. The van der Waals surface area contributed by atoms with Crippen molar-refractivity contribution in [2.45, 2.75) is 19.6 Å². The van der Waals surface area contributed by atoms with Crippen LogP contribution in [-0.2, 0) is 19.6 Å². The van der Waals surface area contributed by atoms with Gasteiger partial charge in [-0.15, -0.1) is 0 Å². The maximum atomic E-state index is 13.1. The van der Waals surface area contributed by atoms with Gasteiger partial charge in [0.05, 0.1) is 18.8 Å². The maximum absolute atomic E-state index is 13.1. The Kier molecular flexibility index (Phi) is 5.11. The molecule has 160 valence electrons. The van der Waals surface area contributed by atoms with Crippen molar-refractivity contribution in [1.29, 1.82) is 0 Å². The number of amides is 1. The van der Waals surface area contributed by atoms with Gasteiger partial charge in [0.1, 0.15) is 11.5 Å². The fourth-order valence-electron chi connectivity index (χ4n) is 4.00. The first kappa shape index (κ1) is 19.6. The molecule has 3 aromatic rings. The molecule has 1 amide bonds. The van der Waals surface area contributed by atoms with E-state index in [-0.39, 0.29) is 11.7 Å². The minimum absolute atomic E-state index is 0.0434. The Labute approximate surface area is 179 Å². The Morgan fingerprint density at radius 1 is 1.06 bits per heavy atom. The van der Waals surface area contributed by atoms with Gasteiger partial charge in [0, 0.05) is 50.7 Å². The van der Waals surface area contributed by atoms with Crippen LogP contribution in [0.2, 0.25) is 0 Å². The van der Waals surface area contributed by atoms with Crippen LogP contribution in [0.5, 0.6) is 0 Å². The molecule has 0 N–H and O–H groups in total. The number of carbonyl (C=O) groups is 1. The van der Waals surface area contributed by atoms with Gasteiger partial charge < -0.3 is 14.7 Å². The number of nitrogens with zero attached hydrogens (tertiary/aromatic N) is 7. The third kappa shape index (κ3) is 4.13. The Morgan fingerprint density at radius 3 is 2.58 bits per heavy atom. The number of fused-ring (bicyclic) bond motifs is 1. The molecular formula is C22H24FN7O. The predicted octanol–water partition coefficient (Wildman–Crippen LogP) is 1.77. The van der Waals surface area contributed by atoms with Crippen LogP contribution < -0.4 is 4.90 Å². The summed E-state index contributed by atoms with van der Waals surface area (Å²) in [7, 11) is 2.06. The second kappa shape index (κ2) is 8.07. The van der Waals surface area contributed by atoms with Crippen molar-refractivity contribution >= 4 is 11.9 Å². The first-order valence-corrected chi connectivity index (χ1v) is 10.4. The highest BCUT2D eigenvalue weighted by Gasteiger charge is 2.26. The summed E-state index contributed by atoms with van der Waals surface area (Å²) in [5.74, 6) is 0.261. The average Bonchev–Trinajstić information content (AvgIpc) is 3.34. The lowest BCUT2D eigenvalue weighted by Crippen LogP contribution is -2.47. The Hall–Kier alpha value is -3.33. The number of hydrogen-bond donors (Lipinski definition) is 0. The van der Waals surface area contributed by atoms with Crippen molar-refractivity contribution in [2.75, 3.05) is 38.1 Å². The number of benzene rings is 1. The molecule has 8 nitrogen and oxygen atoms in total. The molecule has 0 spiro atoms. The lowest BCUT2D eigenvalue weighted by molar-refractivity contribution is 0.0658. The van der Waals surface area contributed by atoms with E-state index in [9.17, 15) is 9.18 Å². The monoisotopic (exact) mass is 421 g/mol. The number of likely N-dealkylation sites (N-methyl/N-ethyl adjacent to an activating group) is 1.